The van der Waals surface area contributed by atoms with Crippen LogP contribution in [0, 0.1) is 12.7 Å². The number of hydrogen-bond donors (Lipinski definition) is 2. The zero-order chi connectivity index (χ0) is 15.2. The van der Waals surface area contributed by atoms with Crippen LogP contribution in [-0.4, -0.2) is 17.7 Å². The van der Waals surface area contributed by atoms with E-state index in [9.17, 15) is 9.50 Å². The Kier molecular flexibility index (Phi) is 5.53. The van der Waals surface area contributed by atoms with Crippen LogP contribution in [-0.2, 0) is 6.42 Å². The van der Waals surface area contributed by atoms with E-state index in [4.69, 9.17) is 4.42 Å². The lowest BCUT2D eigenvalue weighted by atomic mass is 10.1. The molecule has 0 bridgehead atoms. The predicted molar refractivity (Wildman–Crippen MR) is 80.6 cm³/mol. The third-order valence-electron chi connectivity index (χ3n) is 3.55. The Balaban J connectivity index is 1.75. The van der Waals surface area contributed by atoms with Crippen molar-refractivity contribution in [3.8, 4) is 0 Å². The van der Waals surface area contributed by atoms with Gasteiger partial charge in [-0.15, -0.1) is 0 Å². The van der Waals surface area contributed by atoms with Gasteiger partial charge in [-0.1, -0.05) is 18.2 Å². The van der Waals surface area contributed by atoms with Crippen molar-refractivity contribution in [3.63, 3.8) is 0 Å². The Morgan fingerprint density at radius 3 is 2.67 bits per heavy atom. The van der Waals surface area contributed by atoms with Crippen LogP contribution in [0.3, 0.4) is 0 Å². The predicted octanol–water partition coefficient (Wildman–Crippen LogP) is 3.37. The molecule has 3 nitrogen and oxygen atoms in total. The SMILES string of the molecule is Cc1ccc(C(O)CNC(C)CCc2ccccc2F)o1. The van der Waals surface area contributed by atoms with Gasteiger partial charge < -0.3 is 14.8 Å². The van der Waals surface area contributed by atoms with Gasteiger partial charge in [-0.3, -0.25) is 0 Å². The lowest BCUT2D eigenvalue weighted by Gasteiger charge is -2.16. The first-order chi connectivity index (χ1) is 10.1. The number of rotatable bonds is 7. The quantitative estimate of drug-likeness (QED) is 0.822. The Bertz CT molecular complexity index is 567. The van der Waals surface area contributed by atoms with E-state index in [-0.39, 0.29) is 11.9 Å². The fraction of sp³-hybridized carbons (Fsp3) is 0.412. The van der Waals surface area contributed by atoms with E-state index in [1.54, 1.807) is 12.1 Å². The van der Waals surface area contributed by atoms with Crippen LogP contribution in [0.25, 0.3) is 0 Å². The minimum atomic E-state index is -0.658. The lowest BCUT2D eigenvalue weighted by Crippen LogP contribution is -2.30. The van der Waals surface area contributed by atoms with E-state index < -0.39 is 6.10 Å². The molecule has 2 N–H and O–H groups in total. The second-order valence-electron chi connectivity index (χ2n) is 5.40. The van der Waals surface area contributed by atoms with Crippen LogP contribution in [0.15, 0.2) is 40.8 Å². The fourth-order valence-corrected chi connectivity index (χ4v) is 2.22. The second-order valence-corrected chi connectivity index (χ2v) is 5.40. The molecule has 4 heteroatoms. The van der Waals surface area contributed by atoms with Gasteiger partial charge in [0.2, 0.25) is 0 Å². The Morgan fingerprint density at radius 2 is 2.00 bits per heavy atom. The van der Waals surface area contributed by atoms with Gasteiger partial charge in [-0.2, -0.15) is 0 Å². The topological polar surface area (TPSA) is 45.4 Å². The smallest absolute Gasteiger partial charge is 0.133 e. The molecule has 0 fully saturated rings. The summed E-state index contributed by atoms with van der Waals surface area (Å²) in [4.78, 5) is 0. The maximum Gasteiger partial charge on any atom is 0.133 e. The first-order valence-electron chi connectivity index (χ1n) is 7.27. The third-order valence-corrected chi connectivity index (χ3v) is 3.55. The van der Waals surface area contributed by atoms with Crippen molar-refractivity contribution in [2.75, 3.05) is 6.54 Å². The van der Waals surface area contributed by atoms with Gasteiger partial charge in [0.15, 0.2) is 0 Å². The molecule has 0 amide bonds. The first kappa shape index (κ1) is 15.7. The molecule has 0 saturated carbocycles. The van der Waals surface area contributed by atoms with Gasteiger partial charge in [0.05, 0.1) is 0 Å². The Hall–Kier alpha value is -1.65. The molecule has 2 aromatic rings. The molecule has 0 aliphatic carbocycles. The minimum Gasteiger partial charge on any atom is -0.464 e. The van der Waals surface area contributed by atoms with Gasteiger partial charge in [0.1, 0.15) is 23.4 Å². The van der Waals surface area contributed by atoms with Crippen LogP contribution >= 0.6 is 0 Å². The normalized spacial score (nSPS) is 14.1. The van der Waals surface area contributed by atoms with E-state index in [0.29, 0.717) is 18.7 Å². The molecule has 0 spiro atoms. The Labute approximate surface area is 124 Å². The van der Waals surface area contributed by atoms with Crippen LogP contribution in [0.1, 0.15) is 36.5 Å². The number of benzene rings is 1. The highest BCUT2D eigenvalue weighted by Gasteiger charge is 2.13. The van der Waals surface area contributed by atoms with E-state index in [1.807, 2.05) is 32.0 Å². The van der Waals surface area contributed by atoms with Gasteiger partial charge in [0.25, 0.3) is 0 Å². The van der Waals surface area contributed by atoms with Crippen molar-refractivity contribution in [3.05, 3.63) is 59.3 Å². The number of aliphatic hydroxyl groups excluding tert-OH is 1. The molecular formula is C17H22FNO2. The molecule has 0 radical (unpaired) electrons. The number of hydrogen-bond acceptors (Lipinski definition) is 3. The molecule has 0 aliphatic rings. The summed E-state index contributed by atoms with van der Waals surface area (Å²) in [6, 6.07) is 10.6. The summed E-state index contributed by atoms with van der Waals surface area (Å²) in [5, 5.41) is 13.2. The van der Waals surface area contributed by atoms with E-state index in [1.165, 1.54) is 6.07 Å². The number of aliphatic hydroxyl groups is 1. The molecule has 1 heterocycles. The van der Waals surface area contributed by atoms with Crippen LogP contribution in [0.5, 0.6) is 0 Å². The van der Waals surface area contributed by atoms with E-state index >= 15 is 0 Å². The summed E-state index contributed by atoms with van der Waals surface area (Å²) < 4.78 is 18.9. The van der Waals surface area contributed by atoms with Crippen LogP contribution < -0.4 is 5.32 Å². The maximum absolute atomic E-state index is 13.5. The van der Waals surface area contributed by atoms with Crippen molar-refractivity contribution in [2.24, 2.45) is 0 Å². The second kappa shape index (κ2) is 7.38. The lowest BCUT2D eigenvalue weighted by molar-refractivity contribution is 0.142. The minimum absolute atomic E-state index is 0.157. The van der Waals surface area contributed by atoms with Gasteiger partial charge in [-0.25, -0.2) is 4.39 Å². The highest BCUT2D eigenvalue weighted by atomic mass is 19.1. The summed E-state index contributed by atoms with van der Waals surface area (Å²) in [6.45, 7) is 4.30. The highest BCUT2D eigenvalue weighted by molar-refractivity contribution is 5.17. The van der Waals surface area contributed by atoms with Crippen molar-refractivity contribution >= 4 is 0 Å². The number of furan rings is 1. The number of halogens is 1. The van der Waals surface area contributed by atoms with Crippen LogP contribution in [0.2, 0.25) is 0 Å². The van der Waals surface area contributed by atoms with E-state index in [0.717, 1.165) is 17.7 Å². The average Bonchev–Trinajstić information content (AvgIpc) is 2.90. The zero-order valence-electron chi connectivity index (χ0n) is 12.5. The molecule has 1 aromatic heterocycles. The highest BCUT2D eigenvalue weighted by Crippen LogP contribution is 2.16. The van der Waals surface area contributed by atoms with Crippen molar-refractivity contribution in [1.82, 2.24) is 5.32 Å². The van der Waals surface area contributed by atoms with E-state index in [2.05, 4.69) is 5.32 Å². The monoisotopic (exact) mass is 291 g/mol. The molecule has 21 heavy (non-hydrogen) atoms. The van der Waals surface area contributed by atoms with Crippen LogP contribution in [0.4, 0.5) is 4.39 Å². The van der Waals surface area contributed by atoms with Gasteiger partial charge in [0, 0.05) is 12.6 Å². The summed E-state index contributed by atoms with van der Waals surface area (Å²) in [5.74, 6) is 1.20. The fourth-order valence-electron chi connectivity index (χ4n) is 2.22. The zero-order valence-corrected chi connectivity index (χ0v) is 12.5. The molecule has 114 valence electrons. The molecule has 0 aliphatic heterocycles. The Morgan fingerprint density at radius 1 is 1.24 bits per heavy atom. The van der Waals surface area contributed by atoms with Crippen molar-refractivity contribution in [1.29, 1.82) is 0 Å². The summed E-state index contributed by atoms with van der Waals surface area (Å²) in [5.41, 5.74) is 0.730. The summed E-state index contributed by atoms with van der Waals surface area (Å²) in [6.07, 6.45) is 0.830. The van der Waals surface area contributed by atoms with Gasteiger partial charge in [-0.05, 0) is 50.5 Å². The maximum atomic E-state index is 13.5. The molecule has 0 saturated heterocycles. The summed E-state index contributed by atoms with van der Waals surface area (Å²) >= 11 is 0. The molecular weight excluding hydrogens is 269 g/mol. The average molecular weight is 291 g/mol. The summed E-state index contributed by atoms with van der Waals surface area (Å²) in [7, 11) is 0. The standard InChI is InChI=1S/C17H22FNO2/c1-12(7-9-14-5-3-4-6-15(14)18)19-11-16(20)17-10-8-13(2)21-17/h3-6,8,10,12,16,19-20H,7,9,11H2,1-2H3. The number of nitrogens with one attached hydrogen (secondary N) is 1. The first-order valence-corrected chi connectivity index (χ1v) is 7.27. The largest absolute Gasteiger partial charge is 0.464 e. The van der Waals surface area contributed by atoms with Crippen molar-refractivity contribution in [2.45, 2.75) is 38.8 Å². The molecule has 2 atom stereocenters. The molecule has 1 aromatic carbocycles. The molecule has 2 rings (SSSR count). The molecule has 2 unspecified atom stereocenters. The van der Waals surface area contributed by atoms with Gasteiger partial charge >= 0.3 is 0 Å². The number of aryl methyl sites for hydroxylation is 2. The van der Waals surface area contributed by atoms with Crippen molar-refractivity contribution < 1.29 is 13.9 Å². The third kappa shape index (κ3) is 4.69.